The predicted octanol–water partition coefficient (Wildman–Crippen LogP) is 1.79. The van der Waals surface area contributed by atoms with Crippen LogP contribution >= 0.6 is 15.9 Å². The third kappa shape index (κ3) is 3.57. The molecule has 2 atom stereocenters. The quantitative estimate of drug-likeness (QED) is 0.794. The van der Waals surface area contributed by atoms with Crippen molar-refractivity contribution in [3.63, 3.8) is 0 Å². The van der Waals surface area contributed by atoms with Gasteiger partial charge in [-0.3, -0.25) is 4.90 Å². The Labute approximate surface area is 101 Å². The number of hydrogen-bond acceptors (Lipinski definition) is 3. The van der Waals surface area contributed by atoms with Crippen molar-refractivity contribution in [2.75, 3.05) is 19.8 Å². The van der Waals surface area contributed by atoms with Crippen LogP contribution in [-0.2, 0) is 9.84 Å². The Balaban J connectivity index is 2.72. The van der Waals surface area contributed by atoms with Gasteiger partial charge in [0.25, 0.3) is 0 Å². The highest BCUT2D eigenvalue weighted by Gasteiger charge is 2.36. The maximum Gasteiger partial charge on any atom is 0.151 e. The van der Waals surface area contributed by atoms with Gasteiger partial charge in [0, 0.05) is 23.3 Å². The van der Waals surface area contributed by atoms with E-state index in [0.717, 1.165) is 23.7 Å². The molecule has 0 saturated heterocycles. The van der Waals surface area contributed by atoms with Gasteiger partial charge in [0.05, 0.1) is 5.25 Å². The zero-order chi connectivity index (χ0) is 11.6. The molecular weight excluding hydrogens is 278 g/mol. The summed E-state index contributed by atoms with van der Waals surface area (Å²) in [5.74, 6) is 0. The minimum Gasteiger partial charge on any atom is -0.297 e. The third-order valence-electron chi connectivity index (χ3n) is 2.95. The molecule has 15 heavy (non-hydrogen) atoms. The molecule has 0 aliphatic heterocycles. The van der Waals surface area contributed by atoms with Gasteiger partial charge in [-0.15, -0.1) is 0 Å². The summed E-state index contributed by atoms with van der Waals surface area (Å²) < 4.78 is 24.0. The van der Waals surface area contributed by atoms with Crippen LogP contribution in [0, 0.1) is 0 Å². The van der Waals surface area contributed by atoms with Crippen LogP contribution in [0.15, 0.2) is 11.1 Å². The molecule has 0 bridgehead atoms. The molecule has 1 fully saturated rings. The zero-order valence-corrected chi connectivity index (χ0v) is 11.6. The number of hydrogen-bond donors (Lipinski definition) is 0. The molecule has 0 aromatic rings. The van der Waals surface area contributed by atoms with Crippen LogP contribution in [0.4, 0.5) is 0 Å². The highest BCUT2D eigenvalue weighted by Crippen LogP contribution is 2.29. The van der Waals surface area contributed by atoms with Gasteiger partial charge in [-0.1, -0.05) is 28.9 Å². The average molecular weight is 296 g/mol. The molecule has 0 aromatic carbocycles. The largest absolute Gasteiger partial charge is 0.297 e. The first-order valence-electron chi connectivity index (χ1n) is 5.04. The molecule has 5 heteroatoms. The van der Waals surface area contributed by atoms with E-state index < -0.39 is 9.84 Å². The fraction of sp³-hybridized carbons (Fsp3) is 0.800. The van der Waals surface area contributed by atoms with Gasteiger partial charge in [0.1, 0.15) is 0 Å². The van der Waals surface area contributed by atoms with Crippen molar-refractivity contribution in [1.82, 2.24) is 4.90 Å². The molecule has 0 heterocycles. The van der Waals surface area contributed by atoms with Crippen LogP contribution in [0.3, 0.4) is 0 Å². The molecule has 0 radical (unpaired) electrons. The monoisotopic (exact) mass is 295 g/mol. The molecule has 0 aromatic heterocycles. The standard InChI is InChI=1S/C10H18BrNO2S/c1-8(11)7-12(2)9-5-4-6-10(9)15(3,13)14/h9-10H,1,4-7H2,2-3H3/t9-,10+/m1/s1. The number of nitrogens with zero attached hydrogens (tertiary/aromatic N) is 1. The number of likely N-dealkylation sites (N-methyl/N-ethyl adjacent to an activating group) is 1. The summed E-state index contributed by atoms with van der Waals surface area (Å²) in [5.41, 5.74) is 0. The first-order valence-corrected chi connectivity index (χ1v) is 7.79. The lowest BCUT2D eigenvalue weighted by Gasteiger charge is -2.28. The van der Waals surface area contributed by atoms with Crippen molar-refractivity contribution in [2.24, 2.45) is 0 Å². The topological polar surface area (TPSA) is 37.4 Å². The number of halogens is 1. The molecule has 0 spiro atoms. The van der Waals surface area contributed by atoms with Gasteiger partial charge in [0.15, 0.2) is 9.84 Å². The Morgan fingerprint density at radius 2 is 2.13 bits per heavy atom. The van der Waals surface area contributed by atoms with E-state index in [0.29, 0.717) is 6.54 Å². The first kappa shape index (κ1) is 13.2. The fourth-order valence-corrected chi connectivity index (χ4v) is 4.20. The Kier molecular flexibility index (Phi) is 4.38. The summed E-state index contributed by atoms with van der Waals surface area (Å²) in [6.07, 6.45) is 4.10. The molecule has 1 rings (SSSR count). The van der Waals surface area contributed by atoms with E-state index in [9.17, 15) is 8.42 Å². The summed E-state index contributed by atoms with van der Waals surface area (Å²) in [5, 5.41) is -0.200. The van der Waals surface area contributed by atoms with Gasteiger partial charge in [0.2, 0.25) is 0 Å². The molecule has 0 N–H and O–H groups in total. The summed E-state index contributed by atoms with van der Waals surface area (Å²) in [6.45, 7) is 4.48. The van der Waals surface area contributed by atoms with Gasteiger partial charge < -0.3 is 0 Å². The summed E-state index contributed by atoms with van der Waals surface area (Å²) in [6, 6.07) is 0.147. The number of rotatable bonds is 4. The Hall–Kier alpha value is 0.130. The second kappa shape index (κ2) is 4.97. The molecule has 1 aliphatic rings. The van der Waals surface area contributed by atoms with E-state index in [2.05, 4.69) is 27.4 Å². The molecule has 0 unspecified atom stereocenters. The minimum absolute atomic E-state index is 0.147. The molecule has 0 amide bonds. The minimum atomic E-state index is -2.92. The molecule has 1 aliphatic carbocycles. The molecular formula is C10H18BrNO2S. The van der Waals surface area contributed by atoms with Crippen LogP contribution in [0.2, 0.25) is 0 Å². The lowest BCUT2D eigenvalue weighted by atomic mass is 10.2. The van der Waals surface area contributed by atoms with Crippen molar-refractivity contribution in [1.29, 1.82) is 0 Å². The van der Waals surface area contributed by atoms with Gasteiger partial charge in [-0.25, -0.2) is 8.42 Å². The number of sulfone groups is 1. The Morgan fingerprint density at radius 3 is 2.60 bits per heavy atom. The van der Waals surface area contributed by atoms with E-state index in [4.69, 9.17) is 0 Å². The van der Waals surface area contributed by atoms with Gasteiger partial charge >= 0.3 is 0 Å². The third-order valence-corrected chi connectivity index (χ3v) is 4.86. The maximum absolute atomic E-state index is 11.6. The maximum atomic E-state index is 11.6. The first-order chi connectivity index (χ1) is 6.82. The van der Waals surface area contributed by atoms with E-state index in [1.807, 2.05) is 7.05 Å². The smallest absolute Gasteiger partial charge is 0.151 e. The second-order valence-electron chi connectivity index (χ2n) is 4.30. The van der Waals surface area contributed by atoms with E-state index in [-0.39, 0.29) is 11.3 Å². The Bertz CT molecular complexity index is 339. The van der Waals surface area contributed by atoms with E-state index >= 15 is 0 Å². The lowest BCUT2D eigenvalue weighted by molar-refractivity contribution is 0.271. The van der Waals surface area contributed by atoms with Crippen molar-refractivity contribution >= 4 is 25.8 Å². The summed E-state index contributed by atoms with van der Waals surface area (Å²) in [4.78, 5) is 2.08. The average Bonchev–Trinajstić information content (AvgIpc) is 2.48. The SMILES string of the molecule is C=C(Br)CN(C)[C@@H]1CCC[C@@H]1S(C)(=O)=O. The molecule has 1 saturated carbocycles. The predicted molar refractivity (Wildman–Crippen MR) is 67.0 cm³/mol. The van der Waals surface area contributed by atoms with Crippen LogP contribution in [0.1, 0.15) is 19.3 Å². The van der Waals surface area contributed by atoms with Crippen molar-refractivity contribution in [2.45, 2.75) is 30.6 Å². The fourth-order valence-electron chi connectivity index (χ4n) is 2.30. The zero-order valence-electron chi connectivity index (χ0n) is 9.24. The van der Waals surface area contributed by atoms with E-state index in [1.54, 1.807) is 0 Å². The highest BCUT2D eigenvalue weighted by molar-refractivity contribution is 9.11. The normalized spacial score (nSPS) is 27.2. The molecule has 3 nitrogen and oxygen atoms in total. The van der Waals surface area contributed by atoms with Crippen molar-refractivity contribution < 1.29 is 8.42 Å². The van der Waals surface area contributed by atoms with Gasteiger partial charge in [-0.05, 0) is 19.9 Å². The van der Waals surface area contributed by atoms with Crippen LogP contribution in [0.5, 0.6) is 0 Å². The Morgan fingerprint density at radius 1 is 1.53 bits per heavy atom. The highest BCUT2D eigenvalue weighted by atomic mass is 79.9. The van der Waals surface area contributed by atoms with E-state index in [1.165, 1.54) is 6.26 Å². The van der Waals surface area contributed by atoms with Crippen LogP contribution < -0.4 is 0 Å². The lowest BCUT2D eigenvalue weighted by Crippen LogP contribution is -2.41. The van der Waals surface area contributed by atoms with Gasteiger partial charge in [-0.2, -0.15) is 0 Å². The molecule has 88 valence electrons. The van der Waals surface area contributed by atoms with Crippen LogP contribution in [-0.4, -0.2) is 44.5 Å². The van der Waals surface area contributed by atoms with Crippen molar-refractivity contribution in [3.05, 3.63) is 11.1 Å². The summed E-state index contributed by atoms with van der Waals surface area (Å²) in [7, 11) is -0.960. The van der Waals surface area contributed by atoms with Crippen LogP contribution in [0.25, 0.3) is 0 Å². The second-order valence-corrected chi connectivity index (χ2v) is 7.68. The van der Waals surface area contributed by atoms with Crippen molar-refractivity contribution in [3.8, 4) is 0 Å². The summed E-state index contributed by atoms with van der Waals surface area (Å²) >= 11 is 3.31.